The molecule has 0 saturated heterocycles. The maximum atomic E-state index is 13.4. The summed E-state index contributed by atoms with van der Waals surface area (Å²) >= 11 is 0. The number of sulfone groups is 2. The number of anilines is 1. The summed E-state index contributed by atoms with van der Waals surface area (Å²) in [5, 5.41) is 0. The van der Waals surface area contributed by atoms with E-state index in [-0.39, 0.29) is 16.3 Å². The lowest BCUT2D eigenvalue weighted by molar-refractivity contribution is 0.572. The zero-order valence-corrected chi connectivity index (χ0v) is 17.3. The van der Waals surface area contributed by atoms with Gasteiger partial charge >= 0.3 is 0 Å². The molecule has 0 aliphatic carbocycles. The number of benzene rings is 3. The first-order valence-electron chi connectivity index (χ1n) is 9.31. The molecule has 3 aromatic rings. The summed E-state index contributed by atoms with van der Waals surface area (Å²) in [6.45, 7) is 0.468. The average molecular weight is 428 g/mol. The summed E-state index contributed by atoms with van der Waals surface area (Å²) in [6, 6.07) is 23.3. The molecule has 0 atom stereocenters. The van der Waals surface area contributed by atoms with Gasteiger partial charge in [-0.05, 0) is 42.3 Å². The first kappa shape index (κ1) is 19.7. The Labute approximate surface area is 171 Å². The van der Waals surface area contributed by atoms with Gasteiger partial charge in [0.05, 0.1) is 9.79 Å². The molecule has 29 heavy (non-hydrogen) atoms. The van der Waals surface area contributed by atoms with E-state index in [4.69, 9.17) is 0 Å². The molecule has 0 bridgehead atoms. The van der Waals surface area contributed by atoms with Gasteiger partial charge in [0.15, 0.2) is 24.3 Å². The zero-order valence-electron chi connectivity index (χ0n) is 15.7. The normalized spacial score (nSPS) is 14.2. The lowest BCUT2D eigenvalue weighted by Gasteiger charge is -2.26. The van der Waals surface area contributed by atoms with Crippen molar-refractivity contribution in [2.75, 3.05) is 18.0 Å². The number of fused-ring (bicyclic) bond motifs is 1. The standard InChI is InChI=1S/C22H21NO4S2/c24-28(25,19-10-3-1-4-11-19)22(29(26,27)20-12-5-2-6-13-20)17-23-16-15-18-9-7-8-14-21(18)23/h1-14,22H,15-17H2. The second kappa shape index (κ2) is 7.65. The minimum absolute atomic E-state index is 0.0111. The fraction of sp³-hybridized carbons (Fsp3) is 0.182. The molecule has 0 aromatic heterocycles. The molecule has 5 nitrogen and oxygen atoms in total. The fourth-order valence-corrected chi connectivity index (χ4v) is 8.10. The second-order valence-corrected chi connectivity index (χ2v) is 11.5. The van der Waals surface area contributed by atoms with E-state index in [0.717, 1.165) is 17.7 Å². The molecule has 4 rings (SSSR count). The smallest absolute Gasteiger partial charge is 0.197 e. The number of nitrogens with zero attached hydrogens (tertiary/aromatic N) is 1. The number of para-hydroxylation sites is 1. The summed E-state index contributed by atoms with van der Waals surface area (Å²) in [5.41, 5.74) is 1.99. The number of hydrogen-bond donors (Lipinski definition) is 0. The molecular weight excluding hydrogens is 406 g/mol. The van der Waals surface area contributed by atoms with Crippen molar-refractivity contribution < 1.29 is 16.8 Å². The molecule has 0 radical (unpaired) electrons. The third-order valence-corrected chi connectivity index (χ3v) is 10.2. The molecule has 0 amide bonds. The third kappa shape index (κ3) is 3.68. The van der Waals surface area contributed by atoms with Crippen molar-refractivity contribution in [3.05, 3.63) is 90.5 Å². The summed E-state index contributed by atoms with van der Waals surface area (Å²) in [6.07, 6.45) is 0.764. The summed E-state index contributed by atoms with van der Waals surface area (Å²) in [5.74, 6) is 0. The van der Waals surface area contributed by atoms with Gasteiger partial charge in [-0.15, -0.1) is 0 Å². The van der Waals surface area contributed by atoms with E-state index in [2.05, 4.69) is 0 Å². The van der Waals surface area contributed by atoms with E-state index in [0.29, 0.717) is 6.54 Å². The summed E-state index contributed by atoms with van der Waals surface area (Å²) in [4.78, 5) is 1.88. The van der Waals surface area contributed by atoms with E-state index < -0.39 is 24.3 Å². The van der Waals surface area contributed by atoms with Crippen LogP contribution in [0.2, 0.25) is 0 Å². The molecule has 1 aliphatic heterocycles. The first-order valence-corrected chi connectivity index (χ1v) is 12.4. The monoisotopic (exact) mass is 427 g/mol. The minimum atomic E-state index is -4.13. The van der Waals surface area contributed by atoms with Crippen LogP contribution in [0.5, 0.6) is 0 Å². The van der Waals surface area contributed by atoms with Gasteiger partial charge in [0, 0.05) is 18.8 Å². The molecule has 0 N–H and O–H groups in total. The molecule has 0 unspecified atom stereocenters. The Morgan fingerprint density at radius 3 is 1.72 bits per heavy atom. The van der Waals surface area contributed by atoms with Crippen molar-refractivity contribution in [2.24, 2.45) is 0 Å². The Bertz CT molecular complexity index is 1140. The molecule has 3 aromatic carbocycles. The van der Waals surface area contributed by atoms with Gasteiger partial charge in [-0.25, -0.2) is 16.8 Å². The topological polar surface area (TPSA) is 71.5 Å². The highest BCUT2D eigenvalue weighted by molar-refractivity contribution is 8.09. The maximum absolute atomic E-state index is 13.4. The quantitative estimate of drug-likeness (QED) is 0.603. The van der Waals surface area contributed by atoms with E-state index in [1.807, 2.05) is 29.2 Å². The second-order valence-electron chi connectivity index (χ2n) is 6.97. The molecular formula is C22H21NO4S2. The van der Waals surface area contributed by atoms with E-state index in [9.17, 15) is 16.8 Å². The lowest BCUT2D eigenvalue weighted by atomic mass is 10.2. The van der Waals surface area contributed by atoms with Gasteiger partial charge in [0.2, 0.25) is 0 Å². The van der Waals surface area contributed by atoms with Crippen LogP contribution in [-0.4, -0.2) is 34.5 Å². The SMILES string of the molecule is O=S(=O)(c1ccccc1)C(CN1CCc2ccccc21)S(=O)(=O)c1ccccc1. The third-order valence-electron chi connectivity index (χ3n) is 5.19. The van der Waals surface area contributed by atoms with Gasteiger partial charge in [-0.2, -0.15) is 0 Å². The van der Waals surface area contributed by atoms with E-state index >= 15 is 0 Å². The maximum Gasteiger partial charge on any atom is 0.197 e. The van der Waals surface area contributed by atoms with Crippen LogP contribution in [0.4, 0.5) is 5.69 Å². The predicted molar refractivity (Wildman–Crippen MR) is 113 cm³/mol. The molecule has 0 saturated carbocycles. The summed E-state index contributed by atoms with van der Waals surface area (Å²) in [7, 11) is -8.25. The first-order chi connectivity index (χ1) is 13.9. The van der Waals surface area contributed by atoms with E-state index in [1.54, 1.807) is 36.4 Å². The number of hydrogen-bond acceptors (Lipinski definition) is 5. The van der Waals surface area contributed by atoms with Gasteiger partial charge in [0.1, 0.15) is 0 Å². The van der Waals surface area contributed by atoms with Crippen molar-refractivity contribution in [2.45, 2.75) is 20.8 Å². The molecule has 7 heteroatoms. The molecule has 0 spiro atoms. The van der Waals surface area contributed by atoms with E-state index in [1.165, 1.54) is 24.3 Å². The molecule has 150 valence electrons. The van der Waals surface area contributed by atoms with Gasteiger partial charge < -0.3 is 4.90 Å². The Morgan fingerprint density at radius 1 is 0.690 bits per heavy atom. The highest BCUT2D eigenvalue weighted by atomic mass is 32.3. The van der Waals surface area contributed by atoms with Crippen LogP contribution in [0.15, 0.2) is 94.7 Å². The molecule has 1 heterocycles. The highest BCUT2D eigenvalue weighted by Gasteiger charge is 2.42. The van der Waals surface area contributed by atoms with Crippen molar-refractivity contribution >= 4 is 25.4 Å². The Morgan fingerprint density at radius 2 is 1.17 bits per heavy atom. The van der Waals surface area contributed by atoms with Crippen molar-refractivity contribution in [1.29, 1.82) is 0 Å². The van der Waals surface area contributed by atoms with Crippen LogP contribution in [0, 0.1) is 0 Å². The molecule has 0 fully saturated rings. The Kier molecular flexibility index (Phi) is 5.19. The summed E-state index contributed by atoms with van der Waals surface area (Å²) < 4.78 is 52.2. The van der Waals surface area contributed by atoms with Crippen LogP contribution >= 0.6 is 0 Å². The van der Waals surface area contributed by atoms with Crippen LogP contribution in [-0.2, 0) is 26.1 Å². The highest BCUT2D eigenvalue weighted by Crippen LogP contribution is 2.32. The Hall–Kier alpha value is -2.64. The lowest BCUT2D eigenvalue weighted by Crippen LogP contribution is -2.41. The van der Waals surface area contributed by atoms with Gasteiger partial charge in [0.25, 0.3) is 0 Å². The largest absolute Gasteiger partial charge is 0.369 e. The van der Waals surface area contributed by atoms with Crippen molar-refractivity contribution in [3.8, 4) is 0 Å². The van der Waals surface area contributed by atoms with Crippen LogP contribution in [0.25, 0.3) is 0 Å². The van der Waals surface area contributed by atoms with Crippen molar-refractivity contribution in [1.82, 2.24) is 0 Å². The fourth-order valence-electron chi connectivity index (χ4n) is 3.66. The molecule has 1 aliphatic rings. The van der Waals surface area contributed by atoms with Crippen LogP contribution in [0.1, 0.15) is 5.56 Å². The van der Waals surface area contributed by atoms with Crippen molar-refractivity contribution in [3.63, 3.8) is 0 Å². The Balaban J connectivity index is 1.81. The predicted octanol–water partition coefficient (Wildman–Crippen LogP) is 3.32. The number of rotatable bonds is 6. The zero-order chi connectivity index (χ0) is 20.5. The average Bonchev–Trinajstić information content (AvgIpc) is 3.16. The minimum Gasteiger partial charge on any atom is -0.369 e. The van der Waals surface area contributed by atoms with Crippen LogP contribution < -0.4 is 4.90 Å². The van der Waals surface area contributed by atoms with Gasteiger partial charge in [-0.1, -0.05) is 54.6 Å². The van der Waals surface area contributed by atoms with Gasteiger partial charge in [-0.3, -0.25) is 0 Å². The van der Waals surface area contributed by atoms with Crippen LogP contribution in [0.3, 0.4) is 0 Å².